The fourth-order valence-corrected chi connectivity index (χ4v) is 3.10. The zero-order chi connectivity index (χ0) is 19.6. The van der Waals surface area contributed by atoms with E-state index in [9.17, 15) is 20.1 Å². The Morgan fingerprint density at radius 2 is 1.77 bits per heavy atom. The van der Waals surface area contributed by atoms with E-state index in [0.717, 1.165) is 22.3 Å². The summed E-state index contributed by atoms with van der Waals surface area (Å²) in [6.07, 6.45) is 0. The van der Waals surface area contributed by atoms with Crippen LogP contribution < -0.4 is 11.3 Å². The maximum Gasteiger partial charge on any atom is 0.302 e. The highest BCUT2D eigenvalue weighted by molar-refractivity contribution is 5.84. The van der Waals surface area contributed by atoms with Gasteiger partial charge in [-0.1, -0.05) is 6.07 Å². The highest BCUT2D eigenvalue weighted by Gasteiger charge is 2.23. The number of rotatable bonds is 3. The summed E-state index contributed by atoms with van der Waals surface area (Å²) in [5.74, 6) is -0.505. The first-order chi connectivity index (χ1) is 12.2. The molecule has 7 heteroatoms. The van der Waals surface area contributed by atoms with Gasteiger partial charge >= 0.3 is 5.97 Å². The first-order valence-corrected chi connectivity index (χ1v) is 7.82. The zero-order valence-corrected chi connectivity index (χ0v) is 15.0. The van der Waals surface area contributed by atoms with E-state index >= 15 is 0 Å². The Kier molecular flexibility index (Phi) is 5.14. The summed E-state index contributed by atoms with van der Waals surface area (Å²) >= 11 is 0. The SMILES string of the molecule is CC(=O)OCc1c(C)cc(C)c(-c2c(C#N)c(N)[nH]c(=O)c2C#N)c1C. The van der Waals surface area contributed by atoms with E-state index in [2.05, 4.69) is 4.98 Å². The standard InChI is InChI=1S/C19H18N4O3/c1-9-5-10(2)16(11(3)15(9)8-26-12(4)24)17-13(6-20)18(22)23-19(25)14(17)7-21/h5H,8H2,1-4H3,(H3,22,23,25). The lowest BCUT2D eigenvalue weighted by Crippen LogP contribution is -2.17. The van der Waals surface area contributed by atoms with Crippen LogP contribution in [0.3, 0.4) is 0 Å². The van der Waals surface area contributed by atoms with Gasteiger partial charge in [0.15, 0.2) is 0 Å². The highest BCUT2D eigenvalue weighted by atomic mass is 16.5. The van der Waals surface area contributed by atoms with Crippen molar-refractivity contribution < 1.29 is 9.53 Å². The van der Waals surface area contributed by atoms with Crippen molar-refractivity contribution in [3.8, 4) is 23.3 Å². The minimum Gasteiger partial charge on any atom is -0.461 e. The Morgan fingerprint density at radius 1 is 1.15 bits per heavy atom. The maximum absolute atomic E-state index is 12.2. The van der Waals surface area contributed by atoms with Gasteiger partial charge in [-0.3, -0.25) is 9.59 Å². The number of H-pyrrole nitrogens is 1. The van der Waals surface area contributed by atoms with E-state index in [1.807, 2.05) is 32.1 Å². The molecule has 26 heavy (non-hydrogen) atoms. The Balaban J connectivity index is 2.93. The van der Waals surface area contributed by atoms with Gasteiger partial charge in [0.05, 0.1) is 0 Å². The van der Waals surface area contributed by atoms with Crippen LogP contribution in [0.5, 0.6) is 0 Å². The van der Waals surface area contributed by atoms with Crippen molar-refractivity contribution in [2.45, 2.75) is 34.3 Å². The molecule has 1 aromatic heterocycles. The van der Waals surface area contributed by atoms with Gasteiger partial charge in [0.25, 0.3) is 5.56 Å². The fourth-order valence-electron chi connectivity index (χ4n) is 3.10. The van der Waals surface area contributed by atoms with Gasteiger partial charge in [0.1, 0.15) is 35.7 Å². The van der Waals surface area contributed by atoms with Gasteiger partial charge in [-0.05, 0) is 48.6 Å². The van der Waals surface area contributed by atoms with Crippen LogP contribution in [0.15, 0.2) is 10.9 Å². The molecule has 1 heterocycles. The van der Waals surface area contributed by atoms with Crippen LogP contribution in [-0.4, -0.2) is 11.0 Å². The molecule has 0 aliphatic heterocycles. The van der Waals surface area contributed by atoms with Crippen LogP contribution in [0, 0.1) is 43.4 Å². The third-order valence-corrected chi connectivity index (χ3v) is 4.27. The van der Waals surface area contributed by atoms with Crippen molar-refractivity contribution in [2.24, 2.45) is 0 Å². The summed E-state index contributed by atoms with van der Waals surface area (Å²) in [6.45, 7) is 6.88. The van der Waals surface area contributed by atoms with Gasteiger partial charge in [0, 0.05) is 12.5 Å². The lowest BCUT2D eigenvalue weighted by Gasteiger charge is -2.19. The Morgan fingerprint density at radius 3 is 2.31 bits per heavy atom. The number of aryl methyl sites for hydroxylation is 2. The van der Waals surface area contributed by atoms with Crippen molar-refractivity contribution in [3.05, 3.63) is 49.8 Å². The van der Waals surface area contributed by atoms with Gasteiger partial charge in [-0.25, -0.2) is 0 Å². The summed E-state index contributed by atoms with van der Waals surface area (Å²) in [7, 11) is 0. The van der Waals surface area contributed by atoms with Gasteiger partial charge < -0.3 is 15.5 Å². The zero-order valence-electron chi connectivity index (χ0n) is 15.0. The first-order valence-electron chi connectivity index (χ1n) is 7.82. The van der Waals surface area contributed by atoms with E-state index < -0.39 is 11.5 Å². The number of hydrogen-bond acceptors (Lipinski definition) is 6. The van der Waals surface area contributed by atoms with Crippen LogP contribution in [0.1, 0.15) is 40.3 Å². The van der Waals surface area contributed by atoms with E-state index in [1.54, 1.807) is 6.92 Å². The quantitative estimate of drug-likeness (QED) is 0.816. The topological polar surface area (TPSA) is 133 Å². The third kappa shape index (κ3) is 3.15. The molecule has 0 fully saturated rings. The van der Waals surface area contributed by atoms with Crippen LogP contribution in [0.4, 0.5) is 5.82 Å². The molecule has 0 aliphatic rings. The number of benzene rings is 1. The smallest absolute Gasteiger partial charge is 0.302 e. The van der Waals surface area contributed by atoms with Crippen molar-refractivity contribution in [3.63, 3.8) is 0 Å². The number of carbonyl (C=O) groups excluding carboxylic acids is 1. The number of esters is 1. The van der Waals surface area contributed by atoms with Crippen molar-refractivity contribution >= 4 is 11.8 Å². The molecule has 0 atom stereocenters. The number of nitriles is 2. The summed E-state index contributed by atoms with van der Waals surface area (Å²) in [4.78, 5) is 25.7. The molecular weight excluding hydrogens is 332 g/mol. The Bertz CT molecular complexity index is 1050. The van der Waals surface area contributed by atoms with E-state index in [1.165, 1.54) is 6.92 Å². The number of aromatic amines is 1. The summed E-state index contributed by atoms with van der Waals surface area (Å²) < 4.78 is 5.12. The molecule has 0 saturated heterocycles. The molecule has 7 nitrogen and oxygen atoms in total. The number of pyridine rings is 1. The monoisotopic (exact) mass is 350 g/mol. The predicted octanol–water partition coefficient (Wildman–Crippen LogP) is 2.36. The highest BCUT2D eigenvalue weighted by Crippen LogP contribution is 2.36. The van der Waals surface area contributed by atoms with Crippen LogP contribution in [0.2, 0.25) is 0 Å². The molecule has 0 bridgehead atoms. The largest absolute Gasteiger partial charge is 0.461 e. The molecular formula is C19H18N4O3. The maximum atomic E-state index is 12.2. The van der Waals surface area contributed by atoms with Crippen LogP contribution >= 0.6 is 0 Å². The normalized spacial score (nSPS) is 10.1. The number of carbonyl (C=O) groups is 1. The third-order valence-electron chi connectivity index (χ3n) is 4.27. The molecule has 1 aromatic carbocycles. The molecule has 2 rings (SSSR count). The summed E-state index contributed by atoms with van der Waals surface area (Å²) in [5.41, 5.74) is 8.95. The summed E-state index contributed by atoms with van der Waals surface area (Å²) in [6, 6.07) is 5.70. The van der Waals surface area contributed by atoms with Gasteiger partial charge in [-0.2, -0.15) is 10.5 Å². The second-order valence-corrected chi connectivity index (χ2v) is 5.99. The number of nitrogens with one attached hydrogen (secondary N) is 1. The molecule has 0 radical (unpaired) electrons. The number of nitrogens with zero attached hydrogens (tertiary/aromatic N) is 2. The van der Waals surface area contributed by atoms with E-state index in [-0.39, 0.29) is 29.1 Å². The summed E-state index contributed by atoms with van der Waals surface area (Å²) in [5, 5.41) is 19.0. The molecule has 0 spiro atoms. The Labute approximate surface area is 150 Å². The van der Waals surface area contributed by atoms with Crippen molar-refractivity contribution in [2.75, 3.05) is 5.73 Å². The number of nitrogen functional groups attached to an aromatic ring is 1. The van der Waals surface area contributed by atoms with E-state index in [0.29, 0.717) is 5.56 Å². The minimum absolute atomic E-state index is 0.0367. The fraction of sp³-hybridized carbons (Fsp3) is 0.263. The second kappa shape index (κ2) is 7.12. The molecule has 3 N–H and O–H groups in total. The van der Waals surface area contributed by atoms with Gasteiger partial charge in [-0.15, -0.1) is 0 Å². The lowest BCUT2D eigenvalue weighted by molar-refractivity contribution is -0.142. The molecule has 0 amide bonds. The molecule has 132 valence electrons. The van der Waals surface area contributed by atoms with Crippen molar-refractivity contribution in [1.82, 2.24) is 4.98 Å². The molecule has 0 unspecified atom stereocenters. The first kappa shape index (κ1) is 18.8. The predicted molar refractivity (Wildman–Crippen MR) is 96.0 cm³/mol. The average Bonchev–Trinajstić information content (AvgIpc) is 2.54. The number of nitrogens with two attached hydrogens (primary N) is 1. The average molecular weight is 350 g/mol. The molecule has 0 aliphatic carbocycles. The lowest BCUT2D eigenvalue weighted by atomic mass is 9.86. The number of ether oxygens (including phenoxy) is 1. The number of hydrogen-bond donors (Lipinski definition) is 2. The molecule has 0 saturated carbocycles. The number of anilines is 1. The van der Waals surface area contributed by atoms with Crippen LogP contribution in [-0.2, 0) is 16.1 Å². The second-order valence-electron chi connectivity index (χ2n) is 5.99. The number of aromatic nitrogens is 1. The molecule has 2 aromatic rings. The Hall–Kier alpha value is -3.58. The van der Waals surface area contributed by atoms with Gasteiger partial charge in [0.2, 0.25) is 0 Å². The van der Waals surface area contributed by atoms with Crippen LogP contribution in [0.25, 0.3) is 11.1 Å². The van der Waals surface area contributed by atoms with Crippen molar-refractivity contribution in [1.29, 1.82) is 10.5 Å². The minimum atomic E-state index is -0.653. The van der Waals surface area contributed by atoms with E-state index in [4.69, 9.17) is 10.5 Å².